The molecule has 2 amide bonds. The molecule has 0 saturated carbocycles. The fraction of sp³-hybridized carbons (Fsp3) is 0.556. The third-order valence-corrected chi connectivity index (χ3v) is 4.13. The smallest absolute Gasteiger partial charge is 0.410 e. The number of fused-ring (bicyclic) bond motifs is 1. The van der Waals surface area contributed by atoms with Crippen LogP contribution in [-0.4, -0.2) is 62.9 Å². The van der Waals surface area contributed by atoms with Crippen LogP contribution in [0.5, 0.6) is 0 Å². The quantitative estimate of drug-likeness (QED) is 0.839. The van der Waals surface area contributed by atoms with E-state index in [4.69, 9.17) is 4.74 Å². The lowest BCUT2D eigenvalue weighted by molar-refractivity contribution is -0.121. The van der Waals surface area contributed by atoms with E-state index in [9.17, 15) is 9.59 Å². The number of nitrogens with one attached hydrogen (secondary N) is 2. The molecule has 0 unspecified atom stereocenters. The van der Waals surface area contributed by atoms with Crippen molar-refractivity contribution in [2.24, 2.45) is 7.05 Å². The molecular weight excluding hydrogens is 348 g/mol. The Hall–Kier alpha value is -2.84. The van der Waals surface area contributed by atoms with E-state index in [2.05, 4.69) is 20.7 Å². The number of amides is 2. The largest absolute Gasteiger partial charge is 0.444 e. The maximum absolute atomic E-state index is 12.2. The van der Waals surface area contributed by atoms with E-state index in [-0.39, 0.29) is 24.6 Å². The Morgan fingerprint density at radius 3 is 2.70 bits per heavy atom. The van der Waals surface area contributed by atoms with Gasteiger partial charge in [-0.25, -0.2) is 14.5 Å². The van der Waals surface area contributed by atoms with Gasteiger partial charge in [0.2, 0.25) is 5.91 Å². The Bertz CT molecular complexity index is 864. The predicted molar refractivity (Wildman–Crippen MR) is 101 cm³/mol. The van der Waals surface area contributed by atoms with Crippen molar-refractivity contribution in [2.45, 2.75) is 39.3 Å². The Balaban J connectivity index is 1.48. The summed E-state index contributed by atoms with van der Waals surface area (Å²) in [7, 11) is 1.82. The lowest BCUT2D eigenvalue weighted by Gasteiger charge is -2.39. The van der Waals surface area contributed by atoms with Crippen LogP contribution in [0.3, 0.4) is 0 Å². The monoisotopic (exact) mass is 374 g/mol. The fourth-order valence-corrected chi connectivity index (χ4v) is 2.86. The van der Waals surface area contributed by atoms with Crippen LogP contribution in [-0.2, 0) is 16.6 Å². The number of nitrogens with zero attached hydrogens (tertiary/aromatic N) is 4. The average Bonchev–Trinajstić information content (AvgIpc) is 2.82. The number of aromatic nitrogens is 3. The SMILES string of the molecule is Cc1cnc2c(c1)c(NCC(=O)NC1CN(C(=O)OC(C)(C)C)C1)nn2C. The molecule has 0 aromatic carbocycles. The summed E-state index contributed by atoms with van der Waals surface area (Å²) in [5.41, 5.74) is 1.27. The Morgan fingerprint density at radius 2 is 2.04 bits per heavy atom. The average molecular weight is 374 g/mol. The van der Waals surface area contributed by atoms with Crippen LogP contribution in [0.4, 0.5) is 10.6 Å². The minimum atomic E-state index is -0.520. The summed E-state index contributed by atoms with van der Waals surface area (Å²) in [5, 5.41) is 11.2. The summed E-state index contributed by atoms with van der Waals surface area (Å²) < 4.78 is 6.98. The normalized spacial score (nSPS) is 14.8. The number of rotatable bonds is 4. The van der Waals surface area contributed by atoms with Crippen molar-refractivity contribution in [1.82, 2.24) is 25.0 Å². The highest BCUT2D eigenvalue weighted by atomic mass is 16.6. The van der Waals surface area contributed by atoms with Crippen LogP contribution in [0.2, 0.25) is 0 Å². The van der Waals surface area contributed by atoms with Crippen molar-refractivity contribution in [3.63, 3.8) is 0 Å². The zero-order valence-corrected chi connectivity index (χ0v) is 16.4. The van der Waals surface area contributed by atoms with Gasteiger partial charge in [0.15, 0.2) is 11.5 Å². The second kappa shape index (κ2) is 7.05. The number of carbonyl (C=O) groups is 2. The van der Waals surface area contributed by atoms with Crippen molar-refractivity contribution >= 4 is 28.9 Å². The second-order valence-corrected chi connectivity index (χ2v) is 7.86. The van der Waals surface area contributed by atoms with Gasteiger partial charge in [-0.05, 0) is 39.3 Å². The fourth-order valence-electron chi connectivity index (χ4n) is 2.86. The number of carbonyl (C=O) groups excluding carboxylic acids is 2. The van der Waals surface area contributed by atoms with E-state index < -0.39 is 5.60 Å². The molecule has 9 heteroatoms. The van der Waals surface area contributed by atoms with Crippen molar-refractivity contribution in [1.29, 1.82) is 0 Å². The van der Waals surface area contributed by atoms with Crippen LogP contribution in [0, 0.1) is 6.92 Å². The highest BCUT2D eigenvalue weighted by molar-refractivity contribution is 5.90. The van der Waals surface area contributed by atoms with E-state index in [0.29, 0.717) is 18.9 Å². The van der Waals surface area contributed by atoms with Crippen LogP contribution in [0.15, 0.2) is 12.3 Å². The van der Waals surface area contributed by atoms with Crippen LogP contribution < -0.4 is 10.6 Å². The highest BCUT2D eigenvalue weighted by Crippen LogP contribution is 2.21. The van der Waals surface area contributed by atoms with Gasteiger partial charge in [-0.1, -0.05) is 0 Å². The van der Waals surface area contributed by atoms with E-state index in [1.165, 1.54) is 0 Å². The van der Waals surface area contributed by atoms with Crippen molar-refractivity contribution in [3.05, 3.63) is 17.8 Å². The van der Waals surface area contributed by atoms with Crippen LogP contribution >= 0.6 is 0 Å². The molecule has 2 aromatic rings. The molecule has 0 aliphatic carbocycles. The maximum atomic E-state index is 12.2. The number of pyridine rings is 1. The number of hydrogen-bond donors (Lipinski definition) is 2. The summed E-state index contributed by atoms with van der Waals surface area (Å²) in [6, 6.07) is 1.93. The maximum Gasteiger partial charge on any atom is 0.410 e. The first kappa shape index (κ1) is 18.9. The van der Waals surface area contributed by atoms with Crippen LogP contribution in [0.25, 0.3) is 11.0 Å². The van der Waals surface area contributed by atoms with Gasteiger partial charge in [0.25, 0.3) is 0 Å². The van der Waals surface area contributed by atoms with E-state index in [1.54, 1.807) is 15.8 Å². The number of aryl methyl sites for hydroxylation is 2. The van der Waals surface area contributed by atoms with Gasteiger partial charge in [-0.2, -0.15) is 5.10 Å². The molecule has 3 rings (SSSR count). The van der Waals surface area contributed by atoms with Crippen molar-refractivity contribution in [2.75, 3.05) is 25.0 Å². The molecular formula is C18H26N6O3. The molecule has 3 heterocycles. The molecule has 2 N–H and O–H groups in total. The first-order valence-corrected chi connectivity index (χ1v) is 8.93. The molecule has 0 bridgehead atoms. The molecule has 146 valence electrons. The molecule has 0 atom stereocenters. The van der Waals surface area contributed by atoms with Gasteiger partial charge in [0.1, 0.15) is 5.60 Å². The third-order valence-electron chi connectivity index (χ3n) is 4.13. The van der Waals surface area contributed by atoms with Gasteiger partial charge in [-0.3, -0.25) is 4.79 Å². The van der Waals surface area contributed by atoms with Gasteiger partial charge in [0, 0.05) is 26.3 Å². The summed E-state index contributed by atoms with van der Waals surface area (Å²) in [5.74, 6) is 0.478. The lowest BCUT2D eigenvalue weighted by Crippen LogP contribution is -2.62. The molecule has 0 spiro atoms. The van der Waals surface area contributed by atoms with E-state index in [0.717, 1.165) is 16.6 Å². The predicted octanol–water partition coefficient (Wildman–Crippen LogP) is 1.42. The van der Waals surface area contributed by atoms with Gasteiger partial charge < -0.3 is 20.3 Å². The molecule has 9 nitrogen and oxygen atoms in total. The molecule has 1 fully saturated rings. The number of hydrogen-bond acceptors (Lipinski definition) is 6. The van der Waals surface area contributed by atoms with E-state index >= 15 is 0 Å². The second-order valence-electron chi connectivity index (χ2n) is 7.86. The van der Waals surface area contributed by atoms with Gasteiger partial charge in [0.05, 0.1) is 18.0 Å². The summed E-state index contributed by atoms with van der Waals surface area (Å²) in [6.45, 7) is 8.45. The topological polar surface area (TPSA) is 101 Å². The molecule has 27 heavy (non-hydrogen) atoms. The number of likely N-dealkylation sites (tertiary alicyclic amines) is 1. The highest BCUT2D eigenvalue weighted by Gasteiger charge is 2.34. The minimum Gasteiger partial charge on any atom is -0.444 e. The summed E-state index contributed by atoms with van der Waals surface area (Å²) in [4.78, 5) is 30.0. The van der Waals surface area contributed by atoms with Crippen molar-refractivity contribution in [3.8, 4) is 0 Å². The molecule has 1 aliphatic rings. The molecule has 1 saturated heterocycles. The van der Waals surface area contributed by atoms with Gasteiger partial charge in [-0.15, -0.1) is 0 Å². The molecule has 2 aromatic heterocycles. The summed E-state index contributed by atoms with van der Waals surface area (Å²) >= 11 is 0. The number of ether oxygens (including phenoxy) is 1. The Kier molecular flexibility index (Phi) is 4.95. The van der Waals surface area contributed by atoms with Gasteiger partial charge >= 0.3 is 6.09 Å². The zero-order valence-electron chi connectivity index (χ0n) is 16.4. The Labute approximate surface area is 158 Å². The first-order chi connectivity index (χ1) is 12.6. The van der Waals surface area contributed by atoms with Crippen LogP contribution in [0.1, 0.15) is 26.3 Å². The zero-order chi connectivity index (χ0) is 19.8. The number of anilines is 1. The summed E-state index contributed by atoms with van der Waals surface area (Å²) in [6.07, 6.45) is 1.43. The Morgan fingerprint density at radius 1 is 1.33 bits per heavy atom. The lowest BCUT2D eigenvalue weighted by atomic mass is 10.1. The van der Waals surface area contributed by atoms with E-state index in [1.807, 2.05) is 40.8 Å². The molecule has 0 radical (unpaired) electrons. The standard InChI is InChI=1S/C18H26N6O3/c1-11-6-13-15(22-23(5)16(13)20-7-11)19-8-14(25)21-12-9-24(10-12)17(26)27-18(2,3)4/h6-7,12H,8-10H2,1-5H3,(H,19,22)(H,21,25). The minimum absolute atomic E-state index is 0.0591. The third kappa shape index (κ3) is 4.47. The molecule has 1 aliphatic heterocycles. The first-order valence-electron chi connectivity index (χ1n) is 8.93. The van der Waals surface area contributed by atoms with Crippen molar-refractivity contribution < 1.29 is 14.3 Å².